The lowest BCUT2D eigenvalue weighted by Crippen LogP contribution is -2.42. The Labute approximate surface area is 138 Å². The number of hydrogen-bond donors (Lipinski definition) is 1. The highest BCUT2D eigenvalue weighted by atomic mass is 16.4. The number of nitrogens with zero attached hydrogens (tertiary/aromatic N) is 2. The molecule has 2 N–H and O–H groups in total. The molecule has 128 valence electrons. The fraction of sp³-hybridized carbons (Fsp3) is 0.722. The van der Waals surface area contributed by atoms with Gasteiger partial charge in [-0.1, -0.05) is 6.42 Å². The molecule has 0 bridgehead atoms. The van der Waals surface area contributed by atoms with Gasteiger partial charge in [-0.05, 0) is 58.2 Å². The minimum atomic E-state index is 0.00189. The second-order valence-electron chi connectivity index (χ2n) is 7.09. The number of carbonyl (C=O) groups excluding carboxylic acids is 1. The minimum absolute atomic E-state index is 0.00189. The molecule has 5 nitrogen and oxygen atoms in total. The van der Waals surface area contributed by atoms with Gasteiger partial charge in [0.05, 0.1) is 6.04 Å². The largest absolute Gasteiger partial charge is 0.454 e. The van der Waals surface area contributed by atoms with Crippen LogP contribution in [0.3, 0.4) is 0 Å². The summed E-state index contributed by atoms with van der Waals surface area (Å²) in [6.45, 7) is 7.02. The van der Waals surface area contributed by atoms with E-state index in [-0.39, 0.29) is 18.0 Å². The number of furan rings is 1. The predicted octanol–water partition coefficient (Wildman–Crippen LogP) is 2.78. The Morgan fingerprint density at radius 1 is 1.22 bits per heavy atom. The Kier molecular flexibility index (Phi) is 5.07. The molecule has 2 unspecified atom stereocenters. The molecule has 0 spiro atoms. The SMILES string of the molecule is CC1CCCCN1C(C)c1ccc(C(=O)N2CCC(N)CC2)o1. The summed E-state index contributed by atoms with van der Waals surface area (Å²) in [5.74, 6) is 1.37. The van der Waals surface area contributed by atoms with E-state index < -0.39 is 0 Å². The first-order chi connectivity index (χ1) is 11.1. The maximum Gasteiger partial charge on any atom is 0.289 e. The van der Waals surface area contributed by atoms with Crippen molar-refractivity contribution in [1.29, 1.82) is 0 Å². The van der Waals surface area contributed by atoms with Crippen molar-refractivity contribution >= 4 is 5.91 Å². The summed E-state index contributed by atoms with van der Waals surface area (Å²) in [6, 6.07) is 4.83. The molecule has 1 aromatic rings. The highest BCUT2D eigenvalue weighted by Gasteiger charge is 2.28. The molecule has 2 aliphatic rings. The maximum atomic E-state index is 12.6. The van der Waals surface area contributed by atoms with Crippen LogP contribution in [0.15, 0.2) is 16.5 Å². The second kappa shape index (κ2) is 7.05. The Hall–Kier alpha value is -1.33. The van der Waals surface area contributed by atoms with Gasteiger partial charge in [0.25, 0.3) is 5.91 Å². The van der Waals surface area contributed by atoms with Gasteiger partial charge in [0.2, 0.25) is 0 Å². The average Bonchev–Trinajstić information content (AvgIpc) is 3.05. The zero-order valence-electron chi connectivity index (χ0n) is 14.3. The molecule has 2 atom stereocenters. The normalized spacial score (nSPS) is 25.5. The third-order valence-electron chi connectivity index (χ3n) is 5.43. The number of hydrogen-bond acceptors (Lipinski definition) is 4. The summed E-state index contributed by atoms with van der Waals surface area (Å²) >= 11 is 0. The van der Waals surface area contributed by atoms with Gasteiger partial charge in [-0.15, -0.1) is 0 Å². The Morgan fingerprint density at radius 2 is 1.96 bits per heavy atom. The lowest BCUT2D eigenvalue weighted by molar-refractivity contribution is 0.0667. The number of nitrogens with two attached hydrogens (primary N) is 1. The lowest BCUT2D eigenvalue weighted by atomic mass is 10.0. The number of piperidine rings is 2. The third kappa shape index (κ3) is 3.61. The highest BCUT2D eigenvalue weighted by Crippen LogP contribution is 2.29. The molecule has 0 radical (unpaired) electrons. The average molecular weight is 319 g/mol. The Morgan fingerprint density at radius 3 is 2.65 bits per heavy atom. The molecule has 1 aromatic heterocycles. The van der Waals surface area contributed by atoms with Crippen molar-refractivity contribution in [2.75, 3.05) is 19.6 Å². The topological polar surface area (TPSA) is 62.7 Å². The van der Waals surface area contributed by atoms with E-state index in [1.807, 2.05) is 17.0 Å². The molecule has 2 aliphatic heterocycles. The maximum absolute atomic E-state index is 12.6. The van der Waals surface area contributed by atoms with Crippen LogP contribution in [-0.4, -0.2) is 47.4 Å². The van der Waals surface area contributed by atoms with Crippen LogP contribution in [0.1, 0.15) is 68.3 Å². The first-order valence-corrected chi connectivity index (χ1v) is 8.96. The van der Waals surface area contributed by atoms with E-state index in [0.717, 1.165) is 38.2 Å². The Bertz CT molecular complexity index is 534. The van der Waals surface area contributed by atoms with Crippen molar-refractivity contribution < 1.29 is 9.21 Å². The van der Waals surface area contributed by atoms with Crippen molar-refractivity contribution in [2.45, 2.75) is 64.1 Å². The summed E-state index contributed by atoms with van der Waals surface area (Å²) in [4.78, 5) is 16.9. The highest BCUT2D eigenvalue weighted by molar-refractivity contribution is 5.91. The summed E-state index contributed by atoms with van der Waals surface area (Å²) in [5.41, 5.74) is 5.91. The van der Waals surface area contributed by atoms with Gasteiger partial charge in [0.1, 0.15) is 5.76 Å². The van der Waals surface area contributed by atoms with Gasteiger partial charge >= 0.3 is 0 Å². The molecule has 3 heterocycles. The number of carbonyl (C=O) groups is 1. The fourth-order valence-corrected chi connectivity index (χ4v) is 3.81. The number of amides is 1. The van der Waals surface area contributed by atoms with E-state index in [9.17, 15) is 4.79 Å². The predicted molar refractivity (Wildman–Crippen MR) is 90.3 cm³/mol. The second-order valence-corrected chi connectivity index (χ2v) is 7.09. The summed E-state index contributed by atoms with van der Waals surface area (Å²) < 4.78 is 5.92. The van der Waals surface area contributed by atoms with Crippen LogP contribution in [0.5, 0.6) is 0 Å². The van der Waals surface area contributed by atoms with Crippen molar-refractivity contribution in [2.24, 2.45) is 5.73 Å². The fourth-order valence-electron chi connectivity index (χ4n) is 3.81. The monoisotopic (exact) mass is 319 g/mol. The summed E-state index contributed by atoms with van der Waals surface area (Å²) in [7, 11) is 0. The molecular formula is C18H29N3O2. The van der Waals surface area contributed by atoms with Crippen LogP contribution in [-0.2, 0) is 0 Å². The quantitative estimate of drug-likeness (QED) is 0.930. The van der Waals surface area contributed by atoms with E-state index in [1.54, 1.807) is 0 Å². The van der Waals surface area contributed by atoms with Gasteiger partial charge in [0, 0.05) is 25.2 Å². The summed E-state index contributed by atoms with van der Waals surface area (Å²) in [5, 5.41) is 0. The van der Waals surface area contributed by atoms with E-state index >= 15 is 0 Å². The van der Waals surface area contributed by atoms with Crippen molar-refractivity contribution in [3.63, 3.8) is 0 Å². The number of rotatable bonds is 3. The van der Waals surface area contributed by atoms with E-state index in [0.29, 0.717) is 11.8 Å². The number of likely N-dealkylation sites (tertiary alicyclic amines) is 2. The molecule has 0 aliphatic carbocycles. The van der Waals surface area contributed by atoms with Gasteiger partial charge in [-0.25, -0.2) is 0 Å². The van der Waals surface area contributed by atoms with Crippen molar-refractivity contribution in [3.05, 3.63) is 23.7 Å². The zero-order chi connectivity index (χ0) is 16.4. The third-order valence-corrected chi connectivity index (χ3v) is 5.43. The van der Waals surface area contributed by atoms with E-state index in [2.05, 4.69) is 18.7 Å². The van der Waals surface area contributed by atoms with Crippen LogP contribution < -0.4 is 5.73 Å². The van der Waals surface area contributed by atoms with Gasteiger partial charge in [-0.3, -0.25) is 9.69 Å². The first-order valence-electron chi connectivity index (χ1n) is 8.96. The molecule has 5 heteroatoms. The molecule has 2 saturated heterocycles. The van der Waals surface area contributed by atoms with Crippen LogP contribution >= 0.6 is 0 Å². The molecule has 2 fully saturated rings. The van der Waals surface area contributed by atoms with Crippen molar-refractivity contribution in [3.8, 4) is 0 Å². The van der Waals surface area contributed by atoms with Gasteiger partial charge in [0.15, 0.2) is 5.76 Å². The van der Waals surface area contributed by atoms with Crippen LogP contribution in [0.25, 0.3) is 0 Å². The molecular weight excluding hydrogens is 290 g/mol. The molecule has 1 amide bonds. The van der Waals surface area contributed by atoms with Crippen LogP contribution in [0.4, 0.5) is 0 Å². The molecule has 3 rings (SSSR count). The lowest BCUT2D eigenvalue weighted by Gasteiger charge is -2.37. The molecule has 0 aromatic carbocycles. The standard InChI is InChI=1S/C18H29N3O2/c1-13-5-3-4-10-21(13)14(2)16-6-7-17(23-16)18(22)20-11-8-15(19)9-12-20/h6-7,13-15H,3-5,8-12,19H2,1-2H3. The van der Waals surface area contributed by atoms with E-state index in [4.69, 9.17) is 10.2 Å². The molecule has 0 saturated carbocycles. The van der Waals surface area contributed by atoms with Crippen molar-refractivity contribution in [1.82, 2.24) is 9.80 Å². The van der Waals surface area contributed by atoms with Crippen LogP contribution in [0.2, 0.25) is 0 Å². The van der Waals surface area contributed by atoms with Crippen LogP contribution in [0, 0.1) is 0 Å². The van der Waals surface area contributed by atoms with Gasteiger partial charge in [-0.2, -0.15) is 0 Å². The van der Waals surface area contributed by atoms with E-state index in [1.165, 1.54) is 19.3 Å². The summed E-state index contributed by atoms with van der Waals surface area (Å²) in [6.07, 6.45) is 5.55. The molecule has 23 heavy (non-hydrogen) atoms. The minimum Gasteiger partial charge on any atom is -0.454 e. The Balaban J connectivity index is 1.66. The van der Waals surface area contributed by atoms with Gasteiger partial charge < -0.3 is 15.1 Å². The zero-order valence-corrected chi connectivity index (χ0v) is 14.3. The smallest absolute Gasteiger partial charge is 0.289 e. The first kappa shape index (κ1) is 16.5.